The van der Waals surface area contributed by atoms with Crippen molar-refractivity contribution in [1.82, 2.24) is 10.6 Å². The van der Waals surface area contributed by atoms with Gasteiger partial charge < -0.3 is 24.8 Å². The predicted octanol–water partition coefficient (Wildman–Crippen LogP) is 6.20. The van der Waals surface area contributed by atoms with Crippen molar-refractivity contribution in [3.05, 3.63) is 0 Å². The Morgan fingerprint density at radius 1 is 0.559 bits per heavy atom. The number of hydrogen-bond donors (Lipinski definition) is 2. The number of ether oxygens (including phenoxy) is 3. The van der Waals surface area contributed by atoms with Crippen molar-refractivity contribution < 1.29 is 14.2 Å². The van der Waals surface area contributed by atoms with E-state index in [-0.39, 0.29) is 0 Å². The molecule has 0 aromatic rings. The molecule has 6 rings (SSSR count). The third kappa shape index (κ3) is 19.0. The van der Waals surface area contributed by atoms with E-state index in [1.165, 1.54) is 83.8 Å². The molecule has 5 atom stereocenters. The Balaban J connectivity index is 0.000000204. The highest BCUT2D eigenvalue weighted by Crippen LogP contribution is 2.23. The van der Waals surface area contributed by atoms with Crippen LogP contribution >= 0.6 is 0 Å². The average molecular weight is 485 g/mol. The molecule has 0 bridgehead atoms. The van der Waals surface area contributed by atoms with Crippen LogP contribution in [0.5, 0.6) is 0 Å². The highest BCUT2D eigenvalue weighted by Gasteiger charge is 2.10. The molecule has 0 unspecified atom stereocenters. The summed E-state index contributed by atoms with van der Waals surface area (Å²) in [6.45, 7) is 20.9. The van der Waals surface area contributed by atoms with Gasteiger partial charge >= 0.3 is 0 Å². The third-order valence-electron chi connectivity index (χ3n) is 7.26. The smallest absolute Gasteiger partial charge is 0.0568 e. The minimum absolute atomic E-state index is 0.546. The first-order valence-corrected chi connectivity index (χ1v) is 14.6. The van der Waals surface area contributed by atoms with E-state index in [1.54, 1.807) is 0 Å². The molecule has 0 radical (unpaired) electrons. The zero-order valence-electron chi connectivity index (χ0n) is 23.7. The van der Waals surface area contributed by atoms with E-state index in [0.717, 1.165) is 50.2 Å². The summed E-state index contributed by atoms with van der Waals surface area (Å²) in [4.78, 5) is 0. The van der Waals surface area contributed by atoms with E-state index in [9.17, 15) is 0 Å². The highest BCUT2D eigenvalue weighted by atomic mass is 16.5. The van der Waals surface area contributed by atoms with Crippen LogP contribution < -0.4 is 10.6 Å². The van der Waals surface area contributed by atoms with Gasteiger partial charge in [0, 0.05) is 32.5 Å². The fourth-order valence-electron chi connectivity index (χ4n) is 4.11. The van der Waals surface area contributed by atoms with Crippen molar-refractivity contribution in [2.75, 3.05) is 46.1 Å². The van der Waals surface area contributed by atoms with E-state index < -0.39 is 0 Å². The standard InChI is InChI=1S/C6H12.C5H11N.2C5H10O.C4H9N.C4H8O/c1-6-4-2-3-5-6;2*1-5-2-3-6-4-5;1-5-3-2-4-6-5;2*1-4-2-3-5-4/h6H,2-5H2,1H3;5-6H,2-4H2,1H3;2*5H,2-4H2,1H3;4-5H,2-3H2,1H3;4H,2-3H2,1H3/t;3*5-;2*4-/m.00000/s1. The molecule has 5 saturated heterocycles. The summed E-state index contributed by atoms with van der Waals surface area (Å²) in [5.41, 5.74) is 0. The van der Waals surface area contributed by atoms with Crippen LogP contribution in [0.4, 0.5) is 0 Å². The Labute approximate surface area is 212 Å². The van der Waals surface area contributed by atoms with Crippen molar-refractivity contribution in [3.8, 4) is 0 Å². The SMILES string of the molecule is CC1CCCC1.C[C@H]1CCCO1.C[C@H]1CCN1.C[C@H]1CCNC1.C[C@H]1CCO1.C[C@H]1CCOC1. The summed E-state index contributed by atoms with van der Waals surface area (Å²) in [6.07, 6.45) is 14.9. The van der Waals surface area contributed by atoms with Crippen LogP contribution in [0.25, 0.3) is 0 Å². The number of rotatable bonds is 0. The molecule has 0 amide bonds. The molecule has 5 heteroatoms. The van der Waals surface area contributed by atoms with Gasteiger partial charge in [-0.3, -0.25) is 0 Å². The normalized spacial score (nSPS) is 33.5. The fourth-order valence-corrected chi connectivity index (χ4v) is 4.11. The molecule has 1 aliphatic carbocycles. The molecule has 0 aromatic heterocycles. The van der Waals surface area contributed by atoms with Crippen LogP contribution in [0.2, 0.25) is 0 Å². The minimum Gasteiger partial charge on any atom is -0.381 e. The molecule has 5 heterocycles. The maximum absolute atomic E-state index is 5.15. The monoisotopic (exact) mass is 484 g/mol. The van der Waals surface area contributed by atoms with Gasteiger partial charge in [-0.05, 0) is 96.7 Å². The highest BCUT2D eigenvalue weighted by molar-refractivity contribution is 4.70. The van der Waals surface area contributed by atoms with Crippen LogP contribution in [0.1, 0.15) is 106 Å². The van der Waals surface area contributed by atoms with Gasteiger partial charge in [-0.1, -0.05) is 46.5 Å². The largest absolute Gasteiger partial charge is 0.381 e. The summed E-state index contributed by atoms with van der Waals surface area (Å²) in [6, 6.07) is 0.815. The first-order valence-electron chi connectivity index (χ1n) is 14.6. The van der Waals surface area contributed by atoms with Gasteiger partial charge in [-0.25, -0.2) is 0 Å². The minimum atomic E-state index is 0.546. The lowest BCUT2D eigenvalue weighted by molar-refractivity contribution is -0.0375. The Morgan fingerprint density at radius 2 is 1.18 bits per heavy atom. The average Bonchev–Trinajstić information content (AvgIpc) is 3.59. The zero-order valence-corrected chi connectivity index (χ0v) is 23.7. The van der Waals surface area contributed by atoms with Crippen molar-refractivity contribution in [3.63, 3.8) is 0 Å². The predicted molar refractivity (Wildman–Crippen MR) is 146 cm³/mol. The van der Waals surface area contributed by atoms with Crippen molar-refractivity contribution in [1.29, 1.82) is 0 Å². The second-order valence-corrected chi connectivity index (χ2v) is 11.4. The van der Waals surface area contributed by atoms with Gasteiger partial charge in [0.2, 0.25) is 0 Å². The van der Waals surface area contributed by atoms with E-state index in [2.05, 4.69) is 52.2 Å². The Hall–Kier alpha value is -0.200. The Bertz CT molecular complexity index is 351. The van der Waals surface area contributed by atoms with Gasteiger partial charge in [0.05, 0.1) is 12.2 Å². The first kappa shape index (κ1) is 31.8. The van der Waals surface area contributed by atoms with Gasteiger partial charge in [0.15, 0.2) is 0 Å². The van der Waals surface area contributed by atoms with Crippen molar-refractivity contribution in [2.24, 2.45) is 17.8 Å². The number of hydrogen-bond acceptors (Lipinski definition) is 5. The molecule has 6 aliphatic rings. The van der Waals surface area contributed by atoms with Crippen LogP contribution in [-0.4, -0.2) is 64.3 Å². The van der Waals surface area contributed by atoms with E-state index in [0.29, 0.717) is 12.2 Å². The van der Waals surface area contributed by atoms with Crippen molar-refractivity contribution in [2.45, 2.75) is 124 Å². The van der Waals surface area contributed by atoms with Gasteiger partial charge in [-0.15, -0.1) is 0 Å². The lowest BCUT2D eigenvalue weighted by atomic mass is 10.1. The summed E-state index contributed by atoms with van der Waals surface area (Å²) < 4.78 is 15.1. The van der Waals surface area contributed by atoms with Gasteiger partial charge in [0.1, 0.15) is 0 Å². The van der Waals surface area contributed by atoms with Crippen LogP contribution in [-0.2, 0) is 14.2 Å². The Morgan fingerprint density at radius 3 is 1.29 bits per heavy atom. The molecule has 204 valence electrons. The second-order valence-electron chi connectivity index (χ2n) is 11.4. The molecule has 5 aliphatic heterocycles. The van der Waals surface area contributed by atoms with Gasteiger partial charge in [-0.2, -0.15) is 0 Å². The molecular formula is C29H60N2O3. The molecular weight excluding hydrogens is 424 g/mol. The molecule has 2 N–H and O–H groups in total. The molecule has 0 aromatic carbocycles. The van der Waals surface area contributed by atoms with E-state index >= 15 is 0 Å². The zero-order chi connectivity index (χ0) is 25.0. The summed E-state index contributed by atoms with van der Waals surface area (Å²) in [5, 5.41) is 6.48. The molecule has 5 nitrogen and oxygen atoms in total. The van der Waals surface area contributed by atoms with E-state index in [4.69, 9.17) is 14.2 Å². The van der Waals surface area contributed by atoms with Crippen molar-refractivity contribution >= 4 is 0 Å². The summed E-state index contributed by atoms with van der Waals surface area (Å²) in [5.74, 6) is 2.81. The first-order chi connectivity index (χ1) is 16.4. The maximum Gasteiger partial charge on any atom is 0.0568 e. The third-order valence-corrected chi connectivity index (χ3v) is 7.26. The molecule has 6 fully saturated rings. The van der Waals surface area contributed by atoms with E-state index in [1.807, 2.05) is 0 Å². The molecule has 0 spiro atoms. The lowest BCUT2D eigenvalue weighted by Crippen LogP contribution is -2.39. The topological polar surface area (TPSA) is 51.8 Å². The molecule has 34 heavy (non-hydrogen) atoms. The molecule has 1 saturated carbocycles. The van der Waals surface area contributed by atoms with Gasteiger partial charge in [0.25, 0.3) is 0 Å². The maximum atomic E-state index is 5.15. The van der Waals surface area contributed by atoms with Crippen LogP contribution in [0.15, 0.2) is 0 Å². The lowest BCUT2D eigenvalue weighted by Gasteiger charge is -2.22. The Kier molecular flexibility index (Phi) is 19.6. The summed E-state index contributed by atoms with van der Waals surface area (Å²) >= 11 is 0. The number of nitrogens with one attached hydrogen (secondary N) is 2. The quantitative estimate of drug-likeness (QED) is 0.428. The summed E-state index contributed by atoms with van der Waals surface area (Å²) in [7, 11) is 0. The fraction of sp³-hybridized carbons (Fsp3) is 1.00. The van der Waals surface area contributed by atoms with Crippen LogP contribution in [0, 0.1) is 17.8 Å². The van der Waals surface area contributed by atoms with Crippen LogP contribution in [0.3, 0.4) is 0 Å². The second kappa shape index (κ2) is 20.9.